The van der Waals surface area contributed by atoms with Gasteiger partial charge in [-0.2, -0.15) is 4.31 Å². The molecule has 0 bridgehead atoms. The summed E-state index contributed by atoms with van der Waals surface area (Å²) >= 11 is 3.27. The molecule has 0 aliphatic rings. The number of hydrogen-bond acceptors (Lipinski definition) is 5. The highest BCUT2D eigenvalue weighted by molar-refractivity contribution is 9.10. The molecule has 1 N–H and O–H groups in total. The molecular formula is C19H23BrN2O5S. The van der Waals surface area contributed by atoms with Crippen molar-refractivity contribution in [1.82, 2.24) is 9.62 Å². The van der Waals surface area contributed by atoms with Crippen molar-refractivity contribution in [3.63, 3.8) is 0 Å². The summed E-state index contributed by atoms with van der Waals surface area (Å²) in [5.74, 6) is 0.880. The van der Waals surface area contributed by atoms with E-state index >= 15 is 0 Å². The Kier molecular flexibility index (Phi) is 7.85. The van der Waals surface area contributed by atoms with Gasteiger partial charge in [0.25, 0.3) is 0 Å². The monoisotopic (exact) mass is 470 g/mol. The van der Waals surface area contributed by atoms with Crippen LogP contribution in [0.5, 0.6) is 11.5 Å². The number of benzene rings is 2. The van der Waals surface area contributed by atoms with Crippen molar-refractivity contribution in [2.24, 2.45) is 0 Å². The standard InChI is InChI=1S/C19H23BrN2O5S/c1-22(28(24,25)16-7-5-15(20)6-8-16)13-19(23)21-11-10-14-4-9-17(26-2)18(12-14)27-3/h4-9,12H,10-11,13H2,1-3H3,(H,21,23). The number of carbonyl (C=O) groups is 1. The van der Waals surface area contributed by atoms with Crippen LogP contribution in [0.25, 0.3) is 0 Å². The van der Waals surface area contributed by atoms with Crippen LogP contribution >= 0.6 is 15.9 Å². The Morgan fingerprint density at radius 1 is 1.07 bits per heavy atom. The molecule has 0 radical (unpaired) electrons. The van der Waals surface area contributed by atoms with Gasteiger partial charge < -0.3 is 14.8 Å². The molecule has 9 heteroatoms. The summed E-state index contributed by atoms with van der Waals surface area (Å²) < 4.78 is 37.3. The number of ether oxygens (including phenoxy) is 2. The normalized spacial score (nSPS) is 11.3. The van der Waals surface area contributed by atoms with Crippen LogP contribution in [0.15, 0.2) is 51.8 Å². The zero-order valence-corrected chi connectivity index (χ0v) is 18.3. The van der Waals surface area contributed by atoms with Crippen molar-refractivity contribution in [3.8, 4) is 11.5 Å². The Balaban J connectivity index is 1.89. The topological polar surface area (TPSA) is 84.9 Å². The van der Waals surface area contributed by atoms with E-state index in [0.717, 1.165) is 14.3 Å². The summed E-state index contributed by atoms with van der Waals surface area (Å²) in [4.78, 5) is 12.3. The third-order valence-corrected chi connectivity index (χ3v) is 6.42. The first kappa shape index (κ1) is 22.2. The molecule has 7 nitrogen and oxygen atoms in total. The third kappa shape index (κ3) is 5.70. The maximum atomic E-state index is 12.5. The average molecular weight is 471 g/mol. The van der Waals surface area contributed by atoms with Gasteiger partial charge in [-0.3, -0.25) is 4.79 Å². The molecule has 0 saturated heterocycles. The van der Waals surface area contributed by atoms with E-state index in [-0.39, 0.29) is 17.3 Å². The van der Waals surface area contributed by atoms with Crippen molar-refractivity contribution >= 4 is 31.9 Å². The van der Waals surface area contributed by atoms with Gasteiger partial charge in [0.2, 0.25) is 15.9 Å². The number of hydrogen-bond donors (Lipinski definition) is 1. The van der Waals surface area contributed by atoms with Gasteiger partial charge in [-0.05, 0) is 48.4 Å². The van der Waals surface area contributed by atoms with Gasteiger partial charge in [0.1, 0.15) is 0 Å². The number of carbonyl (C=O) groups excluding carboxylic acids is 1. The van der Waals surface area contributed by atoms with Crippen molar-refractivity contribution in [2.75, 3.05) is 34.4 Å². The first-order chi connectivity index (χ1) is 13.3. The van der Waals surface area contributed by atoms with Crippen LogP contribution in [-0.4, -0.2) is 53.0 Å². The summed E-state index contributed by atoms with van der Waals surface area (Å²) in [5.41, 5.74) is 0.966. The number of nitrogens with one attached hydrogen (secondary N) is 1. The fourth-order valence-electron chi connectivity index (χ4n) is 2.51. The summed E-state index contributed by atoms with van der Waals surface area (Å²) in [5, 5.41) is 2.74. The van der Waals surface area contributed by atoms with Crippen LogP contribution in [0.4, 0.5) is 0 Å². The minimum Gasteiger partial charge on any atom is -0.493 e. The lowest BCUT2D eigenvalue weighted by Gasteiger charge is -2.17. The predicted molar refractivity (Wildman–Crippen MR) is 110 cm³/mol. The summed E-state index contributed by atoms with van der Waals surface area (Å²) in [6, 6.07) is 11.8. The van der Waals surface area contributed by atoms with Gasteiger partial charge in [-0.25, -0.2) is 8.42 Å². The Morgan fingerprint density at radius 2 is 1.71 bits per heavy atom. The molecule has 0 unspecified atom stereocenters. The zero-order valence-electron chi connectivity index (χ0n) is 15.9. The second kappa shape index (κ2) is 9.90. The highest BCUT2D eigenvalue weighted by Gasteiger charge is 2.22. The fraction of sp³-hybridized carbons (Fsp3) is 0.316. The molecule has 0 spiro atoms. The summed E-state index contributed by atoms with van der Waals surface area (Å²) in [6.07, 6.45) is 0.579. The average Bonchev–Trinajstić information content (AvgIpc) is 2.68. The number of nitrogens with zero attached hydrogens (tertiary/aromatic N) is 1. The van der Waals surface area contributed by atoms with Crippen LogP contribution in [0.3, 0.4) is 0 Å². The first-order valence-electron chi connectivity index (χ1n) is 8.47. The lowest BCUT2D eigenvalue weighted by molar-refractivity contribution is -0.121. The molecule has 0 fully saturated rings. The molecule has 0 aliphatic carbocycles. The summed E-state index contributed by atoms with van der Waals surface area (Å²) in [7, 11) is 0.783. The second-order valence-corrected chi connectivity index (χ2v) is 8.96. The van der Waals surface area contributed by atoms with Crippen molar-refractivity contribution < 1.29 is 22.7 Å². The smallest absolute Gasteiger partial charge is 0.243 e. The molecule has 0 saturated carbocycles. The second-order valence-electron chi connectivity index (χ2n) is 6.00. The fourth-order valence-corrected chi connectivity index (χ4v) is 3.90. The SMILES string of the molecule is COc1ccc(CCNC(=O)CN(C)S(=O)(=O)c2ccc(Br)cc2)cc1OC. The van der Waals surface area contributed by atoms with Gasteiger partial charge in [0.15, 0.2) is 11.5 Å². The number of likely N-dealkylation sites (N-methyl/N-ethyl adjacent to an activating group) is 1. The van der Waals surface area contributed by atoms with E-state index in [4.69, 9.17) is 9.47 Å². The van der Waals surface area contributed by atoms with Gasteiger partial charge in [-0.15, -0.1) is 0 Å². The van der Waals surface area contributed by atoms with E-state index in [0.29, 0.717) is 24.5 Å². The zero-order chi connectivity index (χ0) is 20.7. The van der Waals surface area contributed by atoms with Crippen molar-refractivity contribution in [2.45, 2.75) is 11.3 Å². The Bertz CT molecular complexity index is 916. The molecule has 28 heavy (non-hydrogen) atoms. The van der Waals surface area contributed by atoms with Gasteiger partial charge in [0.05, 0.1) is 25.7 Å². The number of sulfonamides is 1. The van der Waals surface area contributed by atoms with Crippen LogP contribution < -0.4 is 14.8 Å². The van der Waals surface area contributed by atoms with Crippen LogP contribution in [-0.2, 0) is 21.2 Å². The van der Waals surface area contributed by atoms with E-state index in [1.807, 2.05) is 12.1 Å². The van der Waals surface area contributed by atoms with Crippen LogP contribution in [0, 0.1) is 0 Å². The quantitative estimate of drug-likeness (QED) is 0.608. The van der Waals surface area contributed by atoms with Crippen LogP contribution in [0.2, 0.25) is 0 Å². The van der Waals surface area contributed by atoms with Crippen molar-refractivity contribution in [1.29, 1.82) is 0 Å². The first-order valence-corrected chi connectivity index (χ1v) is 10.7. The van der Waals surface area contributed by atoms with E-state index in [1.165, 1.54) is 19.2 Å². The van der Waals surface area contributed by atoms with Gasteiger partial charge in [-0.1, -0.05) is 22.0 Å². The van der Waals surface area contributed by atoms with Crippen molar-refractivity contribution in [3.05, 3.63) is 52.5 Å². The summed E-state index contributed by atoms with van der Waals surface area (Å²) in [6.45, 7) is 0.116. The molecule has 0 aliphatic heterocycles. The lowest BCUT2D eigenvalue weighted by atomic mass is 10.1. The van der Waals surface area contributed by atoms with E-state index in [1.54, 1.807) is 32.4 Å². The number of amides is 1. The minimum atomic E-state index is -3.72. The minimum absolute atomic E-state index is 0.135. The number of rotatable bonds is 9. The highest BCUT2D eigenvalue weighted by Crippen LogP contribution is 2.27. The van der Waals surface area contributed by atoms with E-state index in [2.05, 4.69) is 21.2 Å². The van der Waals surface area contributed by atoms with Crippen LogP contribution in [0.1, 0.15) is 5.56 Å². The Hall–Kier alpha value is -2.10. The number of methoxy groups -OCH3 is 2. The van der Waals surface area contributed by atoms with E-state index in [9.17, 15) is 13.2 Å². The predicted octanol–water partition coefficient (Wildman–Crippen LogP) is 2.45. The lowest BCUT2D eigenvalue weighted by Crippen LogP contribution is -2.39. The Morgan fingerprint density at radius 3 is 2.32 bits per heavy atom. The Labute approximate surface area is 173 Å². The highest BCUT2D eigenvalue weighted by atomic mass is 79.9. The molecule has 1 amide bonds. The van der Waals surface area contributed by atoms with Gasteiger partial charge >= 0.3 is 0 Å². The molecule has 152 valence electrons. The third-order valence-electron chi connectivity index (χ3n) is 4.07. The number of halogens is 1. The maximum absolute atomic E-state index is 12.5. The van der Waals surface area contributed by atoms with E-state index < -0.39 is 10.0 Å². The maximum Gasteiger partial charge on any atom is 0.243 e. The molecule has 2 rings (SSSR count). The molecule has 0 aromatic heterocycles. The molecule has 2 aromatic rings. The molecule has 0 atom stereocenters. The largest absolute Gasteiger partial charge is 0.493 e. The molecule has 0 heterocycles. The van der Waals surface area contributed by atoms with Gasteiger partial charge in [0, 0.05) is 18.1 Å². The molecular weight excluding hydrogens is 448 g/mol. The molecule has 2 aromatic carbocycles.